The predicted molar refractivity (Wildman–Crippen MR) is 75.1 cm³/mol. The number of carbonyl (C=O) groups excluding carboxylic acids is 1. The lowest BCUT2D eigenvalue weighted by Gasteiger charge is -2.36. The number of sulfone groups is 1. The largest absolute Gasteiger partial charge is 0.396 e. The van der Waals surface area contributed by atoms with Gasteiger partial charge < -0.3 is 21.1 Å². The first-order valence-electron chi connectivity index (χ1n) is 6.04. The second-order valence-corrected chi connectivity index (χ2v) is 6.63. The first kappa shape index (κ1) is 14.6. The molecule has 0 aliphatic carbocycles. The number of para-hydroxylation sites is 1. The zero-order valence-electron chi connectivity index (χ0n) is 11.1. The summed E-state index contributed by atoms with van der Waals surface area (Å²) in [6.45, 7) is 1.01. The third-order valence-electron chi connectivity index (χ3n) is 3.21. The highest BCUT2D eigenvalue weighted by atomic mass is 32.2. The van der Waals surface area contributed by atoms with Gasteiger partial charge in [0, 0.05) is 12.8 Å². The van der Waals surface area contributed by atoms with Crippen molar-refractivity contribution in [2.45, 2.75) is 10.9 Å². The molecular formula is C12H17N3O4S. The van der Waals surface area contributed by atoms with Crippen LogP contribution in [0, 0.1) is 0 Å². The lowest BCUT2D eigenvalue weighted by molar-refractivity contribution is -0.121. The summed E-state index contributed by atoms with van der Waals surface area (Å²) >= 11 is 0. The van der Waals surface area contributed by atoms with Crippen LogP contribution < -0.4 is 16.4 Å². The van der Waals surface area contributed by atoms with Gasteiger partial charge in [-0.2, -0.15) is 0 Å². The number of anilines is 2. The van der Waals surface area contributed by atoms with Crippen molar-refractivity contribution in [2.24, 2.45) is 5.73 Å². The number of ether oxygens (including phenoxy) is 1. The Morgan fingerprint density at radius 2 is 2.15 bits per heavy atom. The Morgan fingerprint density at radius 1 is 1.45 bits per heavy atom. The van der Waals surface area contributed by atoms with Crippen molar-refractivity contribution in [1.29, 1.82) is 0 Å². The van der Waals surface area contributed by atoms with Crippen LogP contribution in [0.4, 0.5) is 11.4 Å². The van der Waals surface area contributed by atoms with Crippen molar-refractivity contribution in [3.05, 3.63) is 18.2 Å². The van der Waals surface area contributed by atoms with Crippen molar-refractivity contribution >= 4 is 27.1 Å². The van der Waals surface area contributed by atoms with Crippen LogP contribution in [0.25, 0.3) is 0 Å². The van der Waals surface area contributed by atoms with Crippen LogP contribution in [0.15, 0.2) is 23.1 Å². The number of nitrogens with zero attached hydrogens (tertiary/aromatic N) is 1. The Bertz CT molecular complexity index is 630. The van der Waals surface area contributed by atoms with Crippen LogP contribution in [0.2, 0.25) is 0 Å². The second-order valence-electron chi connectivity index (χ2n) is 4.65. The highest BCUT2D eigenvalue weighted by molar-refractivity contribution is 7.90. The van der Waals surface area contributed by atoms with E-state index < -0.39 is 21.8 Å². The number of amides is 1. The first-order chi connectivity index (χ1) is 9.32. The van der Waals surface area contributed by atoms with Crippen LogP contribution in [-0.4, -0.2) is 46.4 Å². The first-order valence-corrected chi connectivity index (χ1v) is 7.93. The van der Waals surface area contributed by atoms with Crippen molar-refractivity contribution < 1.29 is 17.9 Å². The third-order valence-corrected chi connectivity index (χ3v) is 4.36. The summed E-state index contributed by atoms with van der Waals surface area (Å²) in [7, 11) is -3.43. The maximum atomic E-state index is 11.7. The van der Waals surface area contributed by atoms with E-state index in [9.17, 15) is 13.2 Å². The van der Waals surface area contributed by atoms with E-state index in [1.807, 2.05) is 0 Å². The van der Waals surface area contributed by atoms with E-state index in [-0.39, 0.29) is 17.2 Å². The van der Waals surface area contributed by atoms with Gasteiger partial charge in [0.1, 0.15) is 6.04 Å². The lowest BCUT2D eigenvalue weighted by Crippen LogP contribution is -2.52. The number of benzene rings is 1. The number of rotatable bonds is 3. The van der Waals surface area contributed by atoms with Gasteiger partial charge in [-0.25, -0.2) is 8.42 Å². The Kier molecular flexibility index (Phi) is 3.87. The number of morpholine rings is 1. The summed E-state index contributed by atoms with van der Waals surface area (Å²) < 4.78 is 28.6. The van der Waals surface area contributed by atoms with Gasteiger partial charge in [0.15, 0.2) is 9.84 Å². The molecule has 7 nitrogen and oxygen atoms in total. The van der Waals surface area contributed by atoms with Crippen LogP contribution in [0.1, 0.15) is 0 Å². The SMILES string of the molecule is CS(=O)(=O)c1cccc(N2CCOCC2C(N)=O)c1N. The Balaban J connectivity index is 2.49. The molecule has 1 atom stereocenters. The van der Waals surface area contributed by atoms with Crippen molar-refractivity contribution in [3.63, 3.8) is 0 Å². The van der Waals surface area contributed by atoms with Crippen molar-refractivity contribution in [3.8, 4) is 0 Å². The fraction of sp³-hybridized carbons (Fsp3) is 0.417. The van der Waals surface area contributed by atoms with Crippen LogP contribution >= 0.6 is 0 Å². The molecule has 1 heterocycles. The van der Waals surface area contributed by atoms with Gasteiger partial charge >= 0.3 is 0 Å². The van der Waals surface area contributed by atoms with Gasteiger partial charge in [-0.05, 0) is 12.1 Å². The molecule has 20 heavy (non-hydrogen) atoms. The number of hydrogen-bond acceptors (Lipinski definition) is 6. The van der Waals surface area contributed by atoms with E-state index >= 15 is 0 Å². The van der Waals surface area contributed by atoms with Crippen LogP contribution in [0.5, 0.6) is 0 Å². The van der Waals surface area contributed by atoms with Gasteiger partial charge in [-0.3, -0.25) is 4.79 Å². The minimum absolute atomic E-state index is 0.0460. The molecule has 1 aromatic rings. The Labute approximate surface area is 117 Å². The smallest absolute Gasteiger partial charge is 0.242 e. The molecule has 0 aromatic heterocycles. The minimum Gasteiger partial charge on any atom is -0.396 e. The maximum Gasteiger partial charge on any atom is 0.242 e. The molecule has 1 saturated heterocycles. The molecular weight excluding hydrogens is 282 g/mol. The molecule has 1 aliphatic rings. The van der Waals surface area contributed by atoms with Crippen LogP contribution in [-0.2, 0) is 19.4 Å². The minimum atomic E-state index is -3.43. The Morgan fingerprint density at radius 3 is 2.75 bits per heavy atom. The summed E-state index contributed by atoms with van der Waals surface area (Å²) in [6.07, 6.45) is 1.09. The summed E-state index contributed by atoms with van der Waals surface area (Å²) in [5, 5.41) is 0. The summed E-state index contributed by atoms with van der Waals surface area (Å²) in [5.41, 5.74) is 11.9. The quantitative estimate of drug-likeness (QED) is 0.717. The number of nitrogen functional groups attached to an aromatic ring is 1. The standard InChI is InChI=1S/C12H17N3O4S/c1-20(17,18)10-4-2-3-8(11(10)13)15-5-6-19-7-9(15)12(14)16/h2-4,9H,5-7,13H2,1H3,(H2,14,16). The lowest BCUT2D eigenvalue weighted by atomic mass is 10.1. The molecule has 110 valence electrons. The molecule has 4 N–H and O–H groups in total. The van der Waals surface area contributed by atoms with E-state index in [1.165, 1.54) is 6.07 Å². The molecule has 0 spiro atoms. The molecule has 1 aliphatic heterocycles. The normalized spacial score (nSPS) is 19.9. The van der Waals surface area contributed by atoms with E-state index in [2.05, 4.69) is 0 Å². The number of carbonyl (C=O) groups is 1. The molecule has 2 rings (SSSR count). The van der Waals surface area contributed by atoms with Gasteiger partial charge in [-0.15, -0.1) is 0 Å². The van der Waals surface area contributed by atoms with Crippen molar-refractivity contribution in [2.75, 3.05) is 36.6 Å². The molecule has 1 amide bonds. The zero-order valence-corrected chi connectivity index (χ0v) is 11.9. The zero-order chi connectivity index (χ0) is 14.9. The number of nitrogens with two attached hydrogens (primary N) is 2. The van der Waals surface area contributed by atoms with E-state index in [0.717, 1.165) is 6.26 Å². The summed E-state index contributed by atoms with van der Waals surface area (Å²) in [4.78, 5) is 13.2. The maximum absolute atomic E-state index is 11.7. The number of hydrogen-bond donors (Lipinski definition) is 2. The van der Waals surface area contributed by atoms with Gasteiger partial charge in [-0.1, -0.05) is 6.07 Å². The highest BCUT2D eigenvalue weighted by Gasteiger charge is 2.30. The molecule has 1 aromatic carbocycles. The van der Waals surface area contributed by atoms with Gasteiger partial charge in [0.25, 0.3) is 0 Å². The van der Waals surface area contributed by atoms with Crippen molar-refractivity contribution in [1.82, 2.24) is 0 Å². The number of primary amides is 1. The molecule has 0 saturated carbocycles. The topological polar surface area (TPSA) is 116 Å². The molecule has 1 unspecified atom stereocenters. The van der Waals surface area contributed by atoms with Gasteiger partial charge in [0.05, 0.1) is 29.5 Å². The Hall–Kier alpha value is -1.80. The molecule has 0 radical (unpaired) electrons. The van der Waals surface area contributed by atoms with E-state index in [4.69, 9.17) is 16.2 Å². The average Bonchev–Trinajstić information content (AvgIpc) is 2.37. The fourth-order valence-corrected chi connectivity index (χ4v) is 3.06. The van der Waals surface area contributed by atoms with E-state index in [1.54, 1.807) is 17.0 Å². The fourth-order valence-electron chi connectivity index (χ4n) is 2.23. The monoisotopic (exact) mass is 299 g/mol. The average molecular weight is 299 g/mol. The van der Waals surface area contributed by atoms with Crippen LogP contribution in [0.3, 0.4) is 0 Å². The van der Waals surface area contributed by atoms with E-state index in [0.29, 0.717) is 18.8 Å². The third kappa shape index (κ3) is 2.70. The molecule has 0 bridgehead atoms. The highest BCUT2D eigenvalue weighted by Crippen LogP contribution is 2.31. The van der Waals surface area contributed by atoms with Gasteiger partial charge in [0.2, 0.25) is 5.91 Å². The summed E-state index contributed by atoms with van der Waals surface area (Å²) in [5.74, 6) is -0.533. The molecule has 1 fully saturated rings. The molecule has 8 heteroatoms. The predicted octanol–water partition coefficient (Wildman–Crippen LogP) is -0.637. The summed E-state index contributed by atoms with van der Waals surface area (Å²) in [6, 6.07) is 4.05. The second kappa shape index (κ2) is 5.29.